The van der Waals surface area contributed by atoms with Gasteiger partial charge < -0.3 is 14.4 Å². The van der Waals surface area contributed by atoms with Crippen LogP contribution in [-0.2, 0) is 9.53 Å². The Morgan fingerprint density at radius 3 is 2.88 bits per heavy atom. The summed E-state index contributed by atoms with van der Waals surface area (Å²) < 4.78 is 24.1. The van der Waals surface area contributed by atoms with Gasteiger partial charge in [0.2, 0.25) is 5.91 Å². The van der Waals surface area contributed by atoms with Crippen LogP contribution in [-0.4, -0.2) is 67.7 Å². The minimum absolute atomic E-state index is 0.0797. The van der Waals surface area contributed by atoms with Crippen LogP contribution in [0, 0.1) is 5.82 Å². The molecule has 3 rings (SSSR count). The first-order chi connectivity index (χ1) is 11.6. The molecule has 0 aliphatic carbocycles. The van der Waals surface area contributed by atoms with Crippen LogP contribution in [0.3, 0.4) is 0 Å². The van der Waals surface area contributed by atoms with E-state index in [-0.39, 0.29) is 17.8 Å². The molecule has 6 heteroatoms. The predicted molar refractivity (Wildman–Crippen MR) is 88.5 cm³/mol. The Kier molecular flexibility index (Phi) is 5.68. The van der Waals surface area contributed by atoms with Crippen LogP contribution in [0.15, 0.2) is 24.3 Å². The Labute approximate surface area is 142 Å². The molecule has 2 fully saturated rings. The van der Waals surface area contributed by atoms with Crippen molar-refractivity contribution in [1.82, 2.24) is 9.80 Å². The highest BCUT2D eigenvalue weighted by Crippen LogP contribution is 2.23. The Morgan fingerprint density at radius 2 is 2.12 bits per heavy atom. The van der Waals surface area contributed by atoms with Gasteiger partial charge in [-0.2, -0.15) is 0 Å². The highest BCUT2D eigenvalue weighted by Gasteiger charge is 2.38. The van der Waals surface area contributed by atoms with Crippen molar-refractivity contribution < 1.29 is 18.7 Å². The average Bonchev–Trinajstić information content (AvgIpc) is 2.97. The molecule has 0 N–H and O–H groups in total. The standard InChI is InChI=1S/C18H25FN2O3/c1-20(9-12-24-16-4-2-3-14(19)13-16)17-5-8-21(18(17)22)15-6-10-23-11-7-15/h2-4,13,15,17H,5-12H2,1H3. The smallest absolute Gasteiger partial charge is 0.240 e. The topological polar surface area (TPSA) is 42.0 Å². The predicted octanol–water partition coefficient (Wildman–Crippen LogP) is 1.92. The van der Waals surface area contributed by atoms with E-state index >= 15 is 0 Å². The number of likely N-dealkylation sites (N-methyl/N-ethyl adjacent to an activating group) is 1. The van der Waals surface area contributed by atoms with Crippen LogP contribution >= 0.6 is 0 Å². The van der Waals surface area contributed by atoms with E-state index in [1.165, 1.54) is 12.1 Å². The molecule has 0 saturated carbocycles. The number of benzene rings is 1. The summed E-state index contributed by atoms with van der Waals surface area (Å²) in [5, 5.41) is 0. The Balaban J connectivity index is 1.46. The number of likely N-dealkylation sites (tertiary alicyclic amines) is 1. The van der Waals surface area contributed by atoms with Gasteiger partial charge in [0.25, 0.3) is 0 Å². The maximum absolute atomic E-state index is 13.1. The fraction of sp³-hybridized carbons (Fsp3) is 0.611. The zero-order chi connectivity index (χ0) is 16.9. The quantitative estimate of drug-likeness (QED) is 0.796. The largest absolute Gasteiger partial charge is 0.492 e. The normalized spacial score (nSPS) is 22.4. The first-order valence-electron chi connectivity index (χ1n) is 8.62. The fourth-order valence-corrected chi connectivity index (χ4v) is 3.47. The van der Waals surface area contributed by atoms with E-state index in [1.54, 1.807) is 12.1 Å². The summed E-state index contributed by atoms with van der Waals surface area (Å²) in [5.41, 5.74) is 0. The summed E-state index contributed by atoms with van der Waals surface area (Å²) in [7, 11) is 1.95. The summed E-state index contributed by atoms with van der Waals surface area (Å²) in [6.07, 6.45) is 2.72. The van der Waals surface area contributed by atoms with Crippen LogP contribution in [0.5, 0.6) is 5.75 Å². The van der Waals surface area contributed by atoms with Gasteiger partial charge in [-0.1, -0.05) is 6.07 Å². The molecule has 0 spiro atoms. The molecule has 2 aliphatic rings. The van der Waals surface area contributed by atoms with Crippen molar-refractivity contribution in [1.29, 1.82) is 0 Å². The molecule has 132 valence electrons. The van der Waals surface area contributed by atoms with Gasteiger partial charge >= 0.3 is 0 Å². The second-order valence-electron chi connectivity index (χ2n) is 6.47. The molecule has 1 aromatic carbocycles. The first kappa shape index (κ1) is 17.2. The third kappa shape index (κ3) is 4.05. The summed E-state index contributed by atoms with van der Waals surface area (Å²) in [6.45, 7) is 3.38. The maximum atomic E-state index is 13.1. The molecule has 1 aromatic rings. The van der Waals surface area contributed by atoms with Crippen LogP contribution in [0.1, 0.15) is 19.3 Å². The monoisotopic (exact) mass is 336 g/mol. The number of hydrogen-bond acceptors (Lipinski definition) is 4. The number of ether oxygens (including phenoxy) is 2. The van der Waals surface area contributed by atoms with E-state index in [0.29, 0.717) is 24.9 Å². The SMILES string of the molecule is CN(CCOc1cccc(F)c1)C1CCN(C2CCOCC2)C1=O. The molecule has 5 nitrogen and oxygen atoms in total. The molecule has 0 radical (unpaired) electrons. The second-order valence-corrected chi connectivity index (χ2v) is 6.47. The number of halogens is 1. The minimum Gasteiger partial charge on any atom is -0.492 e. The molecule has 2 saturated heterocycles. The van der Waals surface area contributed by atoms with E-state index in [4.69, 9.17) is 9.47 Å². The van der Waals surface area contributed by atoms with Gasteiger partial charge in [0.05, 0.1) is 6.04 Å². The second kappa shape index (κ2) is 7.94. The van der Waals surface area contributed by atoms with Crippen molar-refractivity contribution in [3.63, 3.8) is 0 Å². The lowest BCUT2D eigenvalue weighted by molar-refractivity contribution is -0.135. The highest BCUT2D eigenvalue weighted by molar-refractivity contribution is 5.84. The number of hydrogen-bond donors (Lipinski definition) is 0. The number of carbonyl (C=O) groups is 1. The molecule has 1 amide bonds. The van der Waals surface area contributed by atoms with Gasteiger partial charge in [-0.05, 0) is 38.4 Å². The molecule has 24 heavy (non-hydrogen) atoms. The summed E-state index contributed by atoms with van der Waals surface area (Å²) in [6, 6.07) is 6.36. The summed E-state index contributed by atoms with van der Waals surface area (Å²) in [4.78, 5) is 16.7. The summed E-state index contributed by atoms with van der Waals surface area (Å²) >= 11 is 0. The molecule has 2 heterocycles. The van der Waals surface area contributed by atoms with Gasteiger partial charge in [0.15, 0.2) is 0 Å². The number of nitrogens with zero attached hydrogens (tertiary/aromatic N) is 2. The minimum atomic E-state index is -0.307. The van der Waals surface area contributed by atoms with Gasteiger partial charge in [0.1, 0.15) is 18.2 Å². The van der Waals surface area contributed by atoms with E-state index in [1.807, 2.05) is 16.8 Å². The Hall–Kier alpha value is -1.66. The maximum Gasteiger partial charge on any atom is 0.240 e. The van der Waals surface area contributed by atoms with Crippen LogP contribution < -0.4 is 4.74 Å². The van der Waals surface area contributed by atoms with Crippen molar-refractivity contribution in [2.75, 3.05) is 40.0 Å². The van der Waals surface area contributed by atoms with Crippen molar-refractivity contribution in [2.24, 2.45) is 0 Å². The van der Waals surface area contributed by atoms with E-state index in [9.17, 15) is 9.18 Å². The van der Waals surface area contributed by atoms with Gasteiger partial charge in [-0.3, -0.25) is 9.69 Å². The number of rotatable bonds is 6. The first-order valence-corrected chi connectivity index (χ1v) is 8.62. The molecule has 0 bridgehead atoms. The number of carbonyl (C=O) groups excluding carboxylic acids is 1. The highest BCUT2D eigenvalue weighted by atomic mass is 19.1. The molecule has 2 aliphatic heterocycles. The number of amides is 1. The van der Waals surface area contributed by atoms with Crippen LogP contribution in [0.2, 0.25) is 0 Å². The van der Waals surface area contributed by atoms with Crippen LogP contribution in [0.4, 0.5) is 4.39 Å². The lowest BCUT2D eigenvalue weighted by Gasteiger charge is -2.32. The Morgan fingerprint density at radius 1 is 1.33 bits per heavy atom. The van der Waals surface area contributed by atoms with Gasteiger partial charge in [-0.25, -0.2) is 4.39 Å². The fourth-order valence-electron chi connectivity index (χ4n) is 3.47. The molecule has 1 unspecified atom stereocenters. The van der Waals surface area contributed by atoms with Gasteiger partial charge in [0, 0.05) is 38.4 Å². The lowest BCUT2D eigenvalue weighted by Crippen LogP contribution is -2.46. The zero-order valence-corrected chi connectivity index (χ0v) is 14.1. The third-order valence-electron chi connectivity index (χ3n) is 4.88. The van der Waals surface area contributed by atoms with Crippen molar-refractivity contribution in [3.05, 3.63) is 30.1 Å². The third-order valence-corrected chi connectivity index (χ3v) is 4.88. The van der Waals surface area contributed by atoms with Crippen molar-refractivity contribution >= 4 is 5.91 Å². The molecule has 1 atom stereocenters. The van der Waals surface area contributed by atoms with Crippen molar-refractivity contribution in [2.45, 2.75) is 31.3 Å². The Bertz CT molecular complexity index is 563. The molecule has 0 aromatic heterocycles. The van der Waals surface area contributed by atoms with Crippen LogP contribution in [0.25, 0.3) is 0 Å². The zero-order valence-electron chi connectivity index (χ0n) is 14.1. The van der Waals surface area contributed by atoms with Crippen molar-refractivity contribution in [3.8, 4) is 5.75 Å². The summed E-state index contributed by atoms with van der Waals surface area (Å²) in [5.74, 6) is 0.430. The van der Waals surface area contributed by atoms with Gasteiger partial charge in [-0.15, -0.1) is 0 Å². The average molecular weight is 336 g/mol. The lowest BCUT2D eigenvalue weighted by atomic mass is 10.1. The van der Waals surface area contributed by atoms with E-state index < -0.39 is 0 Å². The van der Waals surface area contributed by atoms with E-state index in [0.717, 1.165) is 39.0 Å². The molecular weight excluding hydrogens is 311 g/mol. The van der Waals surface area contributed by atoms with E-state index in [2.05, 4.69) is 0 Å². The molecular formula is C18H25FN2O3.